The van der Waals surface area contributed by atoms with Crippen LogP contribution in [-0.2, 0) is 4.79 Å². The second-order valence-electron chi connectivity index (χ2n) is 4.10. The maximum Gasteiger partial charge on any atom is 0.224 e. The molecule has 0 aliphatic heterocycles. The molecule has 0 saturated carbocycles. The molecule has 1 amide bonds. The first-order valence-electron chi connectivity index (χ1n) is 5.46. The van der Waals surface area contributed by atoms with Crippen LogP contribution >= 0.6 is 0 Å². The Morgan fingerprint density at radius 2 is 2.12 bits per heavy atom. The summed E-state index contributed by atoms with van der Waals surface area (Å²) >= 11 is 0. The fourth-order valence-electron chi connectivity index (χ4n) is 1.57. The minimum absolute atomic E-state index is 0.0827. The van der Waals surface area contributed by atoms with Crippen molar-refractivity contribution in [3.05, 3.63) is 22.8 Å². The van der Waals surface area contributed by atoms with Gasteiger partial charge >= 0.3 is 0 Å². The van der Waals surface area contributed by atoms with Gasteiger partial charge in [-0.05, 0) is 18.8 Å². The quantitative estimate of drug-likeness (QED) is 0.198. The molecule has 5 heteroatoms. The fourth-order valence-corrected chi connectivity index (χ4v) is 1.57. The lowest BCUT2D eigenvalue weighted by atomic mass is 10.0. The van der Waals surface area contributed by atoms with E-state index >= 15 is 0 Å². The Morgan fingerprint density at radius 3 is 2.50 bits per heavy atom. The molecular formula is C11H20N2O3. The van der Waals surface area contributed by atoms with Gasteiger partial charge in [-0.3, -0.25) is 14.9 Å². The number of hydrogen-bond donors (Lipinski definition) is 0. The van der Waals surface area contributed by atoms with Crippen LogP contribution < -0.4 is 0 Å². The first-order chi connectivity index (χ1) is 7.52. The summed E-state index contributed by atoms with van der Waals surface area (Å²) in [6.07, 6.45) is 4.09. The highest BCUT2D eigenvalue weighted by atomic mass is 16.6. The highest BCUT2D eigenvalue weighted by molar-refractivity contribution is 5.47. The van der Waals surface area contributed by atoms with E-state index in [-0.39, 0.29) is 23.4 Å². The minimum Gasteiger partial charge on any atom is -0.335 e. The molecule has 5 nitrogen and oxygen atoms in total. The number of carbonyl (C=O) groups excluding carboxylic acids is 1. The molecule has 0 saturated heterocycles. The third-order valence-corrected chi connectivity index (χ3v) is 2.49. The third kappa shape index (κ3) is 5.48. The Hall–Kier alpha value is -1.39. The smallest absolute Gasteiger partial charge is 0.224 e. The van der Waals surface area contributed by atoms with Gasteiger partial charge in [-0.15, -0.1) is 6.58 Å². The highest BCUT2D eigenvalue weighted by Gasteiger charge is 2.25. The van der Waals surface area contributed by atoms with Gasteiger partial charge < -0.3 is 4.90 Å². The van der Waals surface area contributed by atoms with Crippen LogP contribution in [0.4, 0.5) is 0 Å². The molecule has 0 rings (SSSR count). The Morgan fingerprint density at radius 1 is 1.50 bits per heavy atom. The van der Waals surface area contributed by atoms with Crippen LogP contribution in [0.5, 0.6) is 0 Å². The largest absolute Gasteiger partial charge is 0.335 e. The number of nitrogens with zero attached hydrogens (tertiary/aromatic N) is 2. The number of amides is 1. The maximum absolute atomic E-state index is 10.9. The van der Waals surface area contributed by atoms with Crippen molar-refractivity contribution < 1.29 is 9.72 Å². The van der Waals surface area contributed by atoms with Crippen LogP contribution in [0.1, 0.15) is 26.7 Å². The molecule has 1 unspecified atom stereocenters. The monoisotopic (exact) mass is 228 g/mol. The van der Waals surface area contributed by atoms with Crippen molar-refractivity contribution in [3.63, 3.8) is 0 Å². The average Bonchev–Trinajstić information content (AvgIpc) is 2.21. The lowest BCUT2D eigenvalue weighted by Crippen LogP contribution is -2.43. The van der Waals surface area contributed by atoms with Crippen LogP contribution in [0, 0.1) is 16.0 Å². The Kier molecular flexibility index (Phi) is 7.16. The van der Waals surface area contributed by atoms with E-state index < -0.39 is 0 Å². The summed E-state index contributed by atoms with van der Waals surface area (Å²) < 4.78 is 0. The van der Waals surface area contributed by atoms with Gasteiger partial charge in [0.2, 0.25) is 13.0 Å². The molecule has 0 aliphatic rings. The van der Waals surface area contributed by atoms with E-state index in [1.807, 2.05) is 13.8 Å². The normalized spacial score (nSPS) is 12.2. The van der Waals surface area contributed by atoms with Gasteiger partial charge in [0, 0.05) is 11.5 Å². The van der Waals surface area contributed by atoms with Crippen LogP contribution in [-0.4, -0.2) is 35.4 Å². The number of unbranched alkanes of at least 4 members (excludes halogenated alkanes) is 1. The highest BCUT2D eigenvalue weighted by Crippen LogP contribution is 2.10. The number of allylic oxidation sites excluding steroid dienone is 1. The van der Waals surface area contributed by atoms with Crippen molar-refractivity contribution in [2.45, 2.75) is 32.7 Å². The molecule has 0 fully saturated rings. The summed E-state index contributed by atoms with van der Waals surface area (Å²) in [5.74, 6) is 0.0827. The zero-order valence-corrected chi connectivity index (χ0v) is 9.96. The van der Waals surface area contributed by atoms with E-state index in [1.165, 1.54) is 4.90 Å². The molecule has 1 atom stereocenters. The van der Waals surface area contributed by atoms with Gasteiger partial charge in [-0.25, -0.2) is 0 Å². The zero-order valence-electron chi connectivity index (χ0n) is 9.96. The second-order valence-corrected chi connectivity index (χ2v) is 4.10. The summed E-state index contributed by atoms with van der Waals surface area (Å²) in [5, 5.41) is 10.5. The average molecular weight is 228 g/mol. The number of rotatable bonds is 9. The number of nitro groups is 1. The molecule has 92 valence electrons. The van der Waals surface area contributed by atoms with Gasteiger partial charge in [0.05, 0.1) is 6.04 Å². The number of carbonyl (C=O) groups is 1. The van der Waals surface area contributed by atoms with Gasteiger partial charge in [0.25, 0.3) is 0 Å². The van der Waals surface area contributed by atoms with Crippen LogP contribution in [0.15, 0.2) is 12.7 Å². The molecule has 0 aromatic rings. The van der Waals surface area contributed by atoms with Crippen LogP contribution in [0.25, 0.3) is 0 Å². The molecule has 0 aromatic heterocycles. The predicted molar refractivity (Wildman–Crippen MR) is 62.7 cm³/mol. The van der Waals surface area contributed by atoms with Crippen molar-refractivity contribution in [2.75, 3.05) is 13.1 Å². The summed E-state index contributed by atoms with van der Waals surface area (Å²) in [6.45, 7) is 7.73. The van der Waals surface area contributed by atoms with Gasteiger partial charge in [0.15, 0.2) is 0 Å². The van der Waals surface area contributed by atoms with Gasteiger partial charge in [0.1, 0.15) is 0 Å². The van der Waals surface area contributed by atoms with E-state index in [1.54, 1.807) is 6.08 Å². The van der Waals surface area contributed by atoms with Gasteiger partial charge in [-0.2, -0.15) is 0 Å². The minimum atomic E-state index is -0.366. The molecule has 0 heterocycles. The molecule has 0 aromatic carbocycles. The van der Waals surface area contributed by atoms with E-state index in [0.29, 0.717) is 13.0 Å². The molecule has 0 radical (unpaired) electrons. The second kappa shape index (κ2) is 7.84. The van der Waals surface area contributed by atoms with Crippen molar-refractivity contribution >= 4 is 6.41 Å². The van der Waals surface area contributed by atoms with Crippen molar-refractivity contribution in [2.24, 2.45) is 5.92 Å². The first-order valence-corrected chi connectivity index (χ1v) is 5.46. The van der Waals surface area contributed by atoms with Crippen molar-refractivity contribution in [1.82, 2.24) is 4.90 Å². The Labute approximate surface area is 96.3 Å². The molecular weight excluding hydrogens is 208 g/mol. The van der Waals surface area contributed by atoms with E-state index in [4.69, 9.17) is 0 Å². The predicted octanol–water partition coefficient (Wildman–Crippen LogP) is 1.71. The summed E-state index contributed by atoms with van der Waals surface area (Å²) in [6, 6.07) is -0.322. The Balaban J connectivity index is 4.38. The lowest BCUT2D eigenvalue weighted by Gasteiger charge is -2.28. The molecule has 16 heavy (non-hydrogen) atoms. The summed E-state index contributed by atoms with van der Waals surface area (Å²) in [7, 11) is 0. The van der Waals surface area contributed by atoms with E-state index in [9.17, 15) is 14.9 Å². The molecule has 0 aliphatic carbocycles. The molecule has 0 bridgehead atoms. The Bertz CT molecular complexity index is 241. The number of hydrogen-bond acceptors (Lipinski definition) is 3. The van der Waals surface area contributed by atoms with Crippen LogP contribution in [0.2, 0.25) is 0 Å². The zero-order chi connectivity index (χ0) is 12.6. The fraction of sp³-hybridized carbons (Fsp3) is 0.727. The topological polar surface area (TPSA) is 63.5 Å². The van der Waals surface area contributed by atoms with E-state index in [0.717, 1.165) is 12.8 Å². The van der Waals surface area contributed by atoms with E-state index in [2.05, 4.69) is 6.58 Å². The third-order valence-electron chi connectivity index (χ3n) is 2.49. The maximum atomic E-state index is 10.9. The van der Waals surface area contributed by atoms with Crippen molar-refractivity contribution in [1.29, 1.82) is 0 Å². The SMILES string of the molecule is C=CCCCN(C=O)C(C[N+](=O)[O-])C(C)C. The summed E-state index contributed by atoms with van der Waals surface area (Å²) in [4.78, 5) is 22.6. The molecule has 0 spiro atoms. The summed E-state index contributed by atoms with van der Waals surface area (Å²) in [5.41, 5.74) is 0. The van der Waals surface area contributed by atoms with Gasteiger partial charge in [-0.1, -0.05) is 19.9 Å². The first kappa shape index (κ1) is 14.6. The van der Waals surface area contributed by atoms with Crippen LogP contribution in [0.3, 0.4) is 0 Å². The van der Waals surface area contributed by atoms with Crippen molar-refractivity contribution in [3.8, 4) is 0 Å². The lowest BCUT2D eigenvalue weighted by molar-refractivity contribution is -0.487. The standard InChI is InChI=1S/C11H20N2O3/c1-4-5-6-7-12(9-14)11(10(2)3)8-13(15)16/h4,9-11H,1,5-8H2,2-3H3. The molecule has 0 N–H and O–H groups in total.